The molecule has 0 unspecified atom stereocenters. The molecule has 0 spiro atoms. The molecular formula is C19H16N4OS3. The number of hydrogen-bond acceptors (Lipinski definition) is 7. The molecule has 0 aliphatic carbocycles. The molecule has 0 bridgehead atoms. The third-order valence-corrected chi connectivity index (χ3v) is 6.48. The van der Waals surface area contributed by atoms with Gasteiger partial charge in [0.2, 0.25) is 0 Å². The van der Waals surface area contributed by atoms with E-state index in [-0.39, 0.29) is 5.56 Å². The van der Waals surface area contributed by atoms with Gasteiger partial charge in [-0.15, -0.1) is 29.3 Å². The Hall–Kier alpha value is -2.42. The molecule has 0 saturated heterocycles. The molecule has 27 heavy (non-hydrogen) atoms. The summed E-state index contributed by atoms with van der Waals surface area (Å²) >= 11 is 4.50. The molecule has 5 nitrogen and oxygen atoms in total. The van der Waals surface area contributed by atoms with Gasteiger partial charge in [0.15, 0.2) is 10.3 Å². The van der Waals surface area contributed by atoms with Crippen molar-refractivity contribution in [3.8, 4) is 0 Å². The fourth-order valence-electron chi connectivity index (χ4n) is 2.54. The molecule has 0 aliphatic rings. The lowest BCUT2D eigenvalue weighted by atomic mass is 10.3. The number of thioether (sulfide) groups is 1. The van der Waals surface area contributed by atoms with Crippen molar-refractivity contribution in [2.45, 2.75) is 17.5 Å². The predicted octanol–water partition coefficient (Wildman–Crippen LogP) is 5.14. The first-order valence-electron chi connectivity index (χ1n) is 8.23. The molecule has 0 fully saturated rings. The normalized spacial score (nSPS) is 11.0. The van der Waals surface area contributed by atoms with Crippen LogP contribution >= 0.6 is 34.4 Å². The number of hydrogen-bond donors (Lipinski definition) is 1. The topological polar surface area (TPSA) is 59.8 Å². The SMILES string of the molecule is C=CCn1c(SCc2csc(Nc3ccccc3)n2)nc2ccsc2c1=O. The van der Waals surface area contributed by atoms with Crippen molar-refractivity contribution in [1.82, 2.24) is 14.5 Å². The first kappa shape index (κ1) is 18.0. The number of anilines is 2. The van der Waals surface area contributed by atoms with E-state index in [0.29, 0.717) is 22.2 Å². The molecule has 0 atom stereocenters. The molecule has 0 saturated carbocycles. The second-order valence-electron chi connectivity index (χ2n) is 5.66. The van der Waals surface area contributed by atoms with Gasteiger partial charge < -0.3 is 5.32 Å². The molecule has 8 heteroatoms. The van der Waals surface area contributed by atoms with Crippen molar-refractivity contribution < 1.29 is 0 Å². The van der Waals surface area contributed by atoms with Gasteiger partial charge in [-0.05, 0) is 23.6 Å². The van der Waals surface area contributed by atoms with Crippen LogP contribution in [0.15, 0.2) is 69.8 Å². The molecule has 4 rings (SSSR count). The summed E-state index contributed by atoms with van der Waals surface area (Å²) in [5, 5.41) is 8.76. The average molecular weight is 413 g/mol. The van der Waals surface area contributed by atoms with Crippen LogP contribution in [0.5, 0.6) is 0 Å². The smallest absolute Gasteiger partial charge is 0.272 e. The highest BCUT2D eigenvalue weighted by Gasteiger charge is 2.13. The maximum absolute atomic E-state index is 12.7. The second kappa shape index (κ2) is 8.08. The van der Waals surface area contributed by atoms with Crippen molar-refractivity contribution >= 4 is 55.5 Å². The summed E-state index contributed by atoms with van der Waals surface area (Å²) in [5.74, 6) is 0.645. The first-order valence-corrected chi connectivity index (χ1v) is 11.0. The summed E-state index contributed by atoms with van der Waals surface area (Å²) in [6, 6.07) is 11.8. The van der Waals surface area contributed by atoms with Crippen molar-refractivity contribution in [1.29, 1.82) is 0 Å². The quantitative estimate of drug-likeness (QED) is 0.259. The monoisotopic (exact) mass is 412 g/mol. The Balaban J connectivity index is 1.52. The Morgan fingerprint density at radius 3 is 2.85 bits per heavy atom. The maximum atomic E-state index is 12.7. The molecular weight excluding hydrogens is 396 g/mol. The molecule has 3 heterocycles. The number of benzene rings is 1. The van der Waals surface area contributed by atoms with Crippen molar-refractivity contribution in [2.24, 2.45) is 0 Å². The van der Waals surface area contributed by atoms with Crippen LogP contribution in [0.3, 0.4) is 0 Å². The largest absolute Gasteiger partial charge is 0.332 e. The number of rotatable bonds is 7. The van der Waals surface area contributed by atoms with Gasteiger partial charge in [0.05, 0.1) is 11.2 Å². The van der Waals surface area contributed by atoms with E-state index in [4.69, 9.17) is 0 Å². The lowest BCUT2D eigenvalue weighted by Crippen LogP contribution is -2.21. The van der Waals surface area contributed by atoms with Crippen LogP contribution in [-0.4, -0.2) is 14.5 Å². The molecule has 0 amide bonds. The van der Waals surface area contributed by atoms with Gasteiger partial charge in [0.1, 0.15) is 4.70 Å². The van der Waals surface area contributed by atoms with Crippen molar-refractivity contribution in [3.05, 3.63) is 75.9 Å². The fourth-order valence-corrected chi connectivity index (χ4v) is 5.05. The van der Waals surface area contributed by atoms with Crippen LogP contribution < -0.4 is 10.9 Å². The Labute approximate surface area is 168 Å². The Bertz CT molecular complexity index is 1130. The van der Waals surface area contributed by atoms with Crippen LogP contribution in [0.2, 0.25) is 0 Å². The minimum Gasteiger partial charge on any atom is -0.332 e. The van der Waals surface area contributed by atoms with Crippen LogP contribution in [0.1, 0.15) is 5.69 Å². The third-order valence-electron chi connectivity index (χ3n) is 3.77. The number of aromatic nitrogens is 3. The summed E-state index contributed by atoms with van der Waals surface area (Å²) < 4.78 is 2.36. The van der Waals surface area contributed by atoms with Gasteiger partial charge in [-0.3, -0.25) is 9.36 Å². The number of para-hydroxylation sites is 1. The maximum Gasteiger partial charge on any atom is 0.272 e. The van der Waals surface area contributed by atoms with Crippen molar-refractivity contribution in [3.63, 3.8) is 0 Å². The lowest BCUT2D eigenvalue weighted by Gasteiger charge is -2.09. The summed E-state index contributed by atoms with van der Waals surface area (Å²) in [6.07, 6.45) is 1.72. The number of allylic oxidation sites excluding steroid dienone is 1. The Morgan fingerprint density at radius 1 is 1.19 bits per heavy atom. The number of nitrogens with zero attached hydrogens (tertiary/aromatic N) is 3. The summed E-state index contributed by atoms with van der Waals surface area (Å²) in [5.41, 5.74) is 2.70. The van der Waals surface area contributed by atoms with Gasteiger partial charge >= 0.3 is 0 Å². The zero-order chi connectivity index (χ0) is 18.6. The van der Waals surface area contributed by atoms with E-state index in [1.54, 1.807) is 22.0 Å². The Kier molecular flexibility index (Phi) is 5.38. The first-order chi connectivity index (χ1) is 13.2. The molecule has 136 valence electrons. The molecule has 4 aromatic rings. The fraction of sp³-hybridized carbons (Fsp3) is 0.105. The minimum absolute atomic E-state index is 0.0119. The number of thiophene rings is 1. The summed E-state index contributed by atoms with van der Waals surface area (Å²) in [4.78, 5) is 21.9. The molecule has 1 N–H and O–H groups in total. The van der Waals surface area contributed by atoms with E-state index in [0.717, 1.165) is 22.0 Å². The van der Waals surface area contributed by atoms with E-state index in [9.17, 15) is 4.79 Å². The van der Waals surface area contributed by atoms with E-state index in [1.165, 1.54) is 23.1 Å². The minimum atomic E-state index is -0.0119. The summed E-state index contributed by atoms with van der Waals surface area (Å²) in [6.45, 7) is 4.20. The van der Waals surface area contributed by atoms with Crippen LogP contribution in [0.4, 0.5) is 10.8 Å². The van der Waals surface area contributed by atoms with Crippen LogP contribution in [0, 0.1) is 0 Å². The third kappa shape index (κ3) is 3.97. The number of fused-ring (bicyclic) bond motifs is 1. The highest BCUT2D eigenvalue weighted by Crippen LogP contribution is 2.27. The van der Waals surface area contributed by atoms with E-state index in [2.05, 4.69) is 21.9 Å². The second-order valence-corrected chi connectivity index (χ2v) is 8.37. The van der Waals surface area contributed by atoms with Crippen LogP contribution in [-0.2, 0) is 12.3 Å². The van der Waals surface area contributed by atoms with E-state index in [1.807, 2.05) is 47.2 Å². The summed E-state index contributed by atoms with van der Waals surface area (Å²) in [7, 11) is 0. The molecule has 1 aromatic carbocycles. The zero-order valence-electron chi connectivity index (χ0n) is 14.3. The van der Waals surface area contributed by atoms with Gasteiger partial charge in [0.25, 0.3) is 5.56 Å². The number of thiazole rings is 1. The lowest BCUT2D eigenvalue weighted by molar-refractivity contribution is 0.672. The molecule has 3 aromatic heterocycles. The van der Waals surface area contributed by atoms with Crippen molar-refractivity contribution in [2.75, 3.05) is 5.32 Å². The highest BCUT2D eigenvalue weighted by molar-refractivity contribution is 7.98. The van der Waals surface area contributed by atoms with Gasteiger partial charge in [0, 0.05) is 23.4 Å². The Morgan fingerprint density at radius 2 is 2.04 bits per heavy atom. The van der Waals surface area contributed by atoms with Gasteiger partial charge in [-0.2, -0.15) is 0 Å². The number of nitrogens with one attached hydrogen (secondary N) is 1. The van der Waals surface area contributed by atoms with E-state index < -0.39 is 0 Å². The molecule has 0 aliphatic heterocycles. The highest BCUT2D eigenvalue weighted by atomic mass is 32.2. The van der Waals surface area contributed by atoms with Gasteiger partial charge in [-0.1, -0.05) is 36.0 Å². The standard InChI is InChI=1S/C19H16N4OS3/c1-2-9-23-17(24)16-15(8-10-25-16)22-19(23)27-12-14-11-26-18(21-14)20-13-6-4-3-5-7-13/h2-8,10-11H,1,9,12H2,(H,20,21). The predicted molar refractivity (Wildman–Crippen MR) is 115 cm³/mol. The average Bonchev–Trinajstić information content (AvgIpc) is 3.33. The van der Waals surface area contributed by atoms with Crippen LogP contribution in [0.25, 0.3) is 10.2 Å². The molecule has 0 radical (unpaired) electrons. The zero-order valence-corrected chi connectivity index (χ0v) is 16.7. The van der Waals surface area contributed by atoms with Gasteiger partial charge in [-0.25, -0.2) is 9.97 Å². The van der Waals surface area contributed by atoms with E-state index >= 15 is 0 Å².